The van der Waals surface area contributed by atoms with Gasteiger partial charge in [-0.05, 0) is 92.9 Å². The first-order valence-electron chi connectivity index (χ1n) is 26.4. The summed E-state index contributed by atoms with van der Waals surface area (Å²) in [6, 6.07) is 5.08. The van der Waals surface area contributed by atoms with Crippen molar-refractivity contribution >= 4 is 17.7 Å². The van der Waals surface area contributed by atoms with E-state index in [4.69, 9.17) is 28.9 Å². The monoisotopic (exact) mass is 920 g/mol. The Morgan fingerprint density at radius 3 is 2.32 bits per heavy atom. The molecule has 2 aliphatic heterocycles. The van der Waals surface area contributed by atoms with Crippen LogP contribution in [0.15, 0.2) is 47.7 Å². The van der Waals surface area contributed by atoms with E-state index in [0.29, 0.717) is 56.3 Å². The molecular weight excluding hydrogens is 835 g/mol. The molecular formula is C54H85N3O9. The third kappa shape index (κ3) is 14.1. The van der Waals surface area contributed by atoms with E-state index in [2.05, 4.69) is 24.9 Å². The summed E-state index contributed by atoms with van der Waals surface area (Å²) in [6.45, 7) is 7.89. The van der Waals surface area contributed by atoms with E-state index in [-0.39, 0.29) is 43.5 Å². The van der Waals surface area contributed by atoms with Gasteiger partial charge in [0.2, 0.25) is 18.0 Å². The molecule has 12 nitrogen and oxygen atoms in total. The summed E-state index contributed by atoms with van der Waals surface area (Å²) in [5.74, 6) is -0.151. The number of fused-ring (bicyclic) bond motifs is 2. The van der Waals surface area contributed by atoms with Gasteiger partial charge in [-0.1, -0.05) is 121 Å². The van der Waals surface area contributed by atoms with Crippen LogP contribution < -0.4 is 14.8 Å². The molecule has 0 bridgehead atoms. The van der Waals surface area contributed by atoms with Crippen molar-refractivity contribution < 1.29 is 43.6 Å². The van der Waals surface area contributed by atoms with Crippen LogP contribution in [0, 0.1) is 23.7 Å². The molecule has 0 radical (unpaired) electrons. The third-order valence-electron chi connectivity index (χ3n) is 15.2. The number of oxime groups is 1. The van der Waals surface area contributed by atoms with Gasteiger partial charge in [0, 0.05) is 57.6 Å². The van der Waals surface area contributed by atoms with E-state index in [0.717, 1.165) is 81.1 Å². The molecule has 2 saturated carbocycles. The Balaban J connectivity index is 1.33. The number of carbonyl (C=O) groups excluding carboxylic acids is 2. The summed E-state index contributed by atoms with van der Waals surface area (Å²) in [6.07, 6.45) is 29.2. The maximum absolute atomic E-state index is 14.5. The number of likely N-dealkylation sites (N-methyl/N-ethyl adjacent to an activating group) is 1. The number of ether oxygens (including phenoxy) is 4. The van der Waals surface area contributed by atoms with Gasteiger partial charge in [0.1, 0.15) is 17.5 Å². The van der Waals surface area contributed by atoms with Crippen LogP contribution in [-0.2, 0) is 19.1 Å². The number of allylic oxidation sites excluding steroid dienone is 1. The topological polar surface area (TPSA) is 148 Å². The average molecular weight is 920 g/mol. The molecule has 1 saturated heterocycles. The first-order valence-corrected chi connectivity index (χ1v) is 26.4. The lowest BCUT2D eigenvalue weighted by Gasteiger charge is -2.59. The third-order valence-corrected chi connectivity index (χ3v) is 15.2. The summed E-state index contributed by atoms with van der Waals surface area (Å²) < 4.78 is 26.4. The van der Waals surface area contributed by atoms with Gasteiger partial charge in [0.15, 0.2) is 0 Å². The number of hydrogen-bond acceptors (Lipinski definition) is 10. The van der Waals surface area contributed by atoms with Crippen LogP contribution in [0.4, 0.5) is 4.79 Å². The highest BCUT2D eigenvalue weighted by molar-refractivity contribution is 6.03. The number of aliphatic hydroxyl groups excluding tert-OH is 2. The molecule has 7 atom stereocenters. The standard InChI is InChI=1S/C54H85N3O9/c1-4-6-7-8-9-10-11-12-13-19-32-55-53(61)64-42-29-30-47-45(38-42)51-43(26-17-21-34-59)41(25-16-20-33-58)37-44-46(56-66-50-27-18-22-36-62-50)39-48(54(65-47,52(44)51)63-35-5-2)57(3)49(60)31-28-40-23-14-15-24-40/h5,29-30,37-38,40-41,43,48,50-52,58-59H,2,4,6-28,31-36,39H2,1,3H3,(H,55,61)/t41-,43+,48-,50?,51+,52+,54+/m0/s1. The van der Waals surface area contributed by atoms with Crippen LogP contribution in [0.5, 0.6) is 11.5 Å². The molecule has 6 rings (SSSR count). The predicted molar refractivity (Wildman–Crippen MR) is 259 cm³/mol. The number of carbonyl (C=O) groups is 2. The Kier molecular flexibility index (Phi) is 21.7. The van der Waals surface area contributed by atoms with Gasteiger partial charge in [-0.3, -0.25) is 4.79 Å². The SMILES string of the molecule is C=CCO[C@@]12Oc3ccc(OC(=O)NCCCCCCCCCCCC)cc3[C@H]3[C@H](CCCCO)[C@@H](CCCCO)C=C(C(=NOC4CCCCO4)C[C@@H]1N(C)C(=O)CCC1CCCC1)[C@H]32. The van der Waals surface area contributed by atoms with E-state index >= 15 is 0 Å². The predicted octanol–water partition coefficient (Wildman–Crippen LogP) is 11.3. The number of nitrogens with one attached hydrogen (secondary N) is 1. The minimum atomic E-state index is -1.32. The van der Waals surface area contributed by atoms with Crippen molar-refractivity contribution in [2.75, 3.05) is 40.0 Å². The van der Waals surface area contributed by atoms with Gasteiger partial charge in [-0.2, -0.15) is 0 Å². The van der Waals surface area contributed by atoms with Crippen LogP contribution in [0.2, 0.25) is 0 Å². The average Bonchev–Trinajstić information content (AvgIpc) is 3.86. The van der Waals surface area contributed by atoms with Gasteiger partial charge < -0.3 is 44.2 Å². The zero-order chi connectivity index (χ0) is 46.6. The van der Waals surface area contributed by atoms with Crippen molar-refractivity contribution in [1.82, 2.24) is 10.2 Å². The Bertz CT molecular complexity index is 1710. The highest BCUT2D eigenvalue weighted by atomic mass is 16.8. The van der Waals surface area contributed by atoms with E-state index in [1.165, 1.54) is 77.0 Å². The first-order chi connectivity index (χ1) is 32.3. The summed E-state index contributed by atoms with van der Waals surface area (Å²) in [5.41, 5.74) is 2.64. The Morgan fingerprint density at radius 1 is 0.909 bits per heavy atom. The summed E-state index contributed by atoms with van der Waals surface area (Å²) in [5, 5.41) is 27.9. The molecule has 1 aromatic rings. The largest absolute Gasteiger partial charge is 0.459 e. The summed E-state index contributed by atoms with van der Waals surface area (Å²) in [7, 11) is 1.89. The van der Waals surface area contributed by atoms with Gasteiger partial charge in [-0.25, -0.2) is 4.79 Å². The first kappa shape index (κ1) is 51.9. The fourth-order valence-electron chi connectivity index (χ4n) is 11.6. The number of rotatable bonds is 29. The smallest absolute Gasteiger partial charge is 0.412 e. The molecule has 370 valence electrons. The van der Waals surface area contributed by atoms with Gasteiger partial charge >= 0.3 is 6.09 Å². The maximum Gasteiger partial charge on any atom is 0.412 e. The molecule has 12 heteroatoms. The van der Waals surface area contributed by atoms with Crippen LogP contribution >= 0.6 is 0 Å². The summed E-state index contributed by atoms with van der Waals surface area (Å²) in [4.78, 5) is 35.9. The van der Waals surface area contributed by atoms with E-state index in [9.17, 15) is 19.8 Å². The molecule has 2 heterocycles. The van der Waals surface area contributed by atoms with E-state index in [1.54, 1.807) is 12.1 Å². The maximum atomic E-state index is 14.5. The number of unbranched alkanes of at least 4 members (excludes halogenated alkanes) is 11. The zero-order valence-electron chi connectivity index (χ0n) is 40.7. The molecule has 66 heavy (non-hydrogen) atoms. The molecule has 1 aromatic carbocycles. The normalized spacial score (nSPS) is 26.5. The van der Waals surface area contributed by atoms with Crippen molar-refractivity contribution in [3.05, 3.63) is 48.1 Å². The van der Waals surface area contributed by atoms with Crippen molar-refractivity contribution in [1.29, 1.82) is 0 Å². The molecule has 1 unspecified atom stereocenters. The number of hydrogen-bond donors (Lipinski definition) is 3. The Labute approximate surface area is 396 Å². The second-order valence-electron chi connectivity index (χ2n) is 19.9. The molecule has 3 aliphatic carbocycles. The van der Waals surface area contributed by atoms with Crippen molar-refractivity contribution in [2.45, 2.75) is 198 Å². The molecule has 0 aromatic heterocycles. The highest BCUT2D eigenvalue weighted by Crippen LogP contribution is 2.62. The number of benzene rings is 1. The van der Waals surface area contributed by atoms with Crippen molar-refractivity contribution in [3.63, 3.8) is 0 Å². The van der Waals surface area contributed by atoms with Crippen molar-refractivity contribution in [2.24, 2.45) is 28.8 Å². The summed E-state index contributed by atoms with van der Waals surface area (Å²) >= 11 is 0. The lowest BCUT2D eigenvalue weighted by molar-refractivity contribution is -0.256. The van der Waals surface area contributed by atoms with Crippen LogP contribution in [0.3, 0.4) is 0 Å². The minimum Gasteiger partial charge on any atom is -0.459 e. The lowest BCUT2D eigenvalue weighted by Crippen LogP contribution is -2.69. The van der Waals surface area contributed by atoms with Gasteiger partial charge in [0.25, 0.3) is 0 Å². The number of aliphatic hydroxyl groups is 2. The van der Waals surface area contributed by atoms with Crippen LogP contribution in [0.1, 0.15) is 185 Å². The second-order valence-corrected chi connectivity index (χ2v) is 19.9. The highest BCUT2D eigenvalue weighted by Gasteiger charge is 2.65. The number of amides is 2. The Morgan fingerprint density at radius 2 is 1.62 bits per heavy atom. The second kappa shape index (κ2) is 27.5. The van der Waals surface area contributed by atoms with Crippen molar-refractivity contribution in [3.8, 4) is 11.5 Å². The van der Waals surface area contributed by atoms with Gasteiger partial charge in [0.05, 0.1) is 24.8 Å². The zero-order valence-corrected chi connectivity index (χ0v) is 40.7. The molecule has 3 fully saturated rings. The molecule has 5 aliphatic rings. The molecule has 0 spiro atoms. The fourth-order valence-corrected chi connectivity index (χ4v) is 11.6. The quantitative estimate of drug-likeness (QED) is 0.0406. The number of nitrogens with zero attached hydrogens (tertiary/aromatic N) is 2. The van der Waals surface area contributed by atoms with E-state index < -0.39 is 30.1 Å². The minimum absolute atomic E-state index is 0.0486. The van der Waals surface area contributed by atoms with Gasteiger partial charge in [-0.15, -0.1) is 6.58 Å². The fraction of sp³-hybridized carbons (Fsp3) is 0.759. The van der Waals surface area contributed by atoms with E-state index in [1.807, 2.05) is 24.1 Å². The molecule has 2 amide bonds. The molecule has 3 N–H and O–H groups in total. The van der Waals surface area contributed by atoms with Crippen LogP contribution in [0.25, 0.3) is 0 Å². The Hall–Kier alpha value is -3.45. The lowest BCUT2D eigenvalue weighted by atomic mass is 9.55. The van der Waals surface area contributed by atoms with Crippen LogP contribution in [-0.4, -0.2) is 91.0 Å².